The van der Waals surface area contributed by atoms with Crippen LogP contribution in [0.2, 0.25) is 0 Å². The van der Waals surface area contributed by atoms with E-state index in [0.717, 1.165) is 31.4 Å². The maximum absolute atomic E-state index is 14.6. The minimum atomic E-state index is -0.416. The molecule has 5 nitrogen and oxygen atoms in total. The molecule has 1 heterocycles. The Hall–Kier alpha value is -2.80. The van der Waals surface area contributed by atoms with Gasteiger partial charge in [0, 0.05) is 23.1 Å². The second-order valence-corrected chi connectivity index (χ2v) is 8.09. The van der Waals surface area contributed by atoms with Gasteiger partial charge in [0.05, 0.1) is 10.6 Å². The van der Waals surface area contributed by atoms with Crippen LogP contribution < -0.4 is 4.80 Å². The number of halogens is 1. The lowest BCUT2D eigenvalue weighted by molar-refractivity contribution is -0.384. The highest BCUT2D eigenvalue weighted by Gasteiger charge is 2.21. The van der Waals surface area contributed by atoms with Gasteiger partial charge in [-0.2, -0.15) is 0 Å². The number of benzene rings is 2. The molecule has 0 unspecified atom stereocenters. The first-order chi connectivity index (χ1) is 14.1. The fourth-order valence-electron chi connectivity index (χ4n) is 3.95. The van der Waals surface area contributed by atoms with E-state index in [2.05, 4.69) is 9.56 Å². The Balaban J connectivity index is 1.91. The van der Waals surface area contributed by atoms with Crippen LogP contribution in [0, 0.1) is 15.9 Å². The summed E-state index contributed by atoms with van der Waals surface area (Å²) >= 11 is 1.40. The van der Waals surface area contributed by atoms with Gasteiger partial charge in [0.2, 0.25) is 0 Å². The van der Waals surface area contributed by atoms with E-state index in [0.29, 0.717) is 16.1 Å². The first-order valence-corrected chi connectivity index (χ1v) is 10.8. The molecule has 1 aliphatic carbocycles. The average Bonchev–Trinajstić information content (AvgIpc) is 2.94. The lowest BCUT2D eigenvalue weighted by Gasteiger charge is -2.20. The Morgan fingerprint density at radius 3 is 2.45 bits per heavy atom. The minimum absolute atomic E-state index is 0.0271. The van der Waals surface area contributed by atoms with Gasteiger partial charge in [-0.1, -0.05) is 49.9 Å². The van der Waals surface area contributed by atoms with Gasteiger partial charge in [-0.3, -0.25) is 10.1 Å². The van der Waals surface area contributed by atoms with Gasteiger partial charge in [0.1, 0.15) is 11.5 Å². The third-order valence-corrected chi connectivity index (χ3v) is 6.22. The lowest BCUT2D eigenvalue weighted by Crippen LogP contribution is -2.22. The molecule has 1 saturated carbocycles. The second-order valence-electron chi connectivity index (χ2n) is 7.26. The van der Waals surface area contributed by atoms with E-state index in [1.807, 2.05) is 11.4 Å². The van der Waals surface area contributed by atoms with Crippen molar-refractivity contribution in [1.29, 1.82) is 0 Å². The SMILES string of the molecule is O=[N+]([O-])c1ccccc1N=c1scc(-c2ccccc2F)n1C1CCCCCC1. The molecule has 3 aromatic rings. The zero-order valence-electron chi connectivity index (χ0n) is 16.0. The lowest BCUT2D eigenvalue weighted by atomic mass is 10.1. The molecule has 1 fully saturated rings. The van der Waals surface area contributed by atoms with E-state index in [-0.39, 0.29) is 17.5 Å². The molecule has 1 aromatic heterocycles. The molecule has 0 radical (unpaired) electrons. The highest BCUT2D eigenvalue weighted by Crippen LogP contribution is 2.33. The number of aromatic nitrogens is 1. The van der Waals surface area contributed by atoms with Crippen LogP contribution in [-0.2, 0) is 0 Å². The summed E-state index contributed by atoms with van der Waals surface area (Å²) < 4.78 is 16.7. The largest absolute Gasteiger partial charge is 0.313 e. The van der Waals surface area contributed by atoms with Gasteiger partial charge in [-0.25, -0.2) is 9.38 Å². The predicted octanol–water partition coefficient (Wildman–Crippen LogP) is 6.39. The van der Waals surface area contributed by atoms with Gasteiger partial charge in [0.15, 0.2) is 4.80 Å². The zero-order chi connectivity index (χ0) is 20.2. The van der Waals surface area contributed by atoms with Crippen molar-refractivity contribution < 1.29 is 9.31 Å². The van der Waals surface area contributed by atoms with Crippen molar-refractivity contribution in [3.8, 4) is 11.3 Å². The summed E-state index contributed by atoms with van der Waals surface area (Å²) in [6.07, 6.45) is 6.65. The van der Waals surface area contributed by atoms with Crippen LogP contribution in [0.3, 0.4) is 0 Å². The Morgan fingerprint density at radius 2 is 1.72 bits per heavy atom. The smallest absolute Gasteiger partial charge is 0.294 e. The number of hydrogen-bond donors (Lipinski definition) is 0. The highest BCUT2D eigenvalue weighted by atomic mass is 32.1. The molecule has 0 N–H and O–H groups in total. The number of hydrogen-bond acceptors (Lipinski definition) is 4. The number of rotatable bonds is 4. The fourth-order valence-corrected chi connectivity index (χ4v) is 4.92. The molecular weight excluding hydrogens is 389 g/mol. The van der Waals surface area contributed by atoms with Gasteiger partial charge >= 0.3 is 0 Å². The molecule has 0 saturated heterocycles. The van der Waals surface area contributed by atoms with Crippen molar-refractivity contribution in [2.24, 2.45) is 4.99 Å². The average molecular weight is 412 g/mol. The molecule has 1 aliphatic rings. The number of nitrogens with zero attached hydrogens (tertiary/aromatic N) is 3. The Morgan fingerprint density at radius 1 is 1.03 bits per heavy atom. The van der Waals surface area contributed by atoms with E-state index < -0.39 is 4.92 Å². The summed E-state index contributed by atoms with van der Waals surface area (Å²) in [6, 6.07) is 13.4. The fraction of sp³-hybridized carbons (Fsp3) is 0.318. The van der Waals surface area contributed by atoms with E-state index in [1.165, 1.54) is 36.3 Å². The molecule has 4 rings (SSSR count). The number of para-hydroxylation sites is 2. The summed E-state index contributed by atoms with van der Waals surface area (Å²) in [4.78, 5) is 16.3. The van der Waals surface area contributed by atoms with Gasteiger partial charge in [0.25, 0.3) is 5.69 Å². The molecule has 0 spiro atoms. The molecule has 29 heavy (non-hydrogen) atoms. The first kappa shape index (κ1) is 19.5. The minimum Gasteiger partial charge on any atom is -0.313 e. The van der Waals surface area contributed by atoms with E-state index in [1.54, 1.807) is 30.3 Å². The monoisotopic (exact) mass is 411 g/mol. The Labute approximate surface area is 172 Å². The molecule has 0 bridgehead atoms. The quantitative estimate of drug-likeness (QED) is 0.284. The van der Waals surface area contributed by atoms with Crippen LogP contribution in [0.15, 0.2) is 58.9 Å². The molecule has 0 amide bonds. The highest BCUT2D eigenvalue weighted by molar-refractivity contribution is 7.07. The summed E-state index contributed by atoms with van der Waals surface area (Å²) in [5, 5.41) is 13.3. The molecule has 150 valence electrons. The van der Waals surface area contributed by atoms with Gasteiger partial charge in [-0.15, -0.1) is 11.3 Å². The van der Waals surface area contributed by atoms with E-state index in [9.17, 15) is 14.5 Å². The van der Waals surface area contributed by atoms with Gasteiger partial charge in [-0.05, 0) is 31.0 Å². The standard InChI is InChI=1S/C22H22FN3O2S/c23-18-12-6-5-11-17(18)21-15-29-22(25(21)16-9-3-1-2-4-10-16)24-19-13-7-8-14-20(19)26(27)28/h5-8,11-16H,1-4,9-10H2. The second kappa shape index (κ2) is 8.69. The maximum atomic E-state index is 14.6. The summed E-state index contributed by atoms with van der Waals surface area (Å²) in [7, 11) is 0. The normalized spacial score (nSPS) is 16.0. The Kier molecular flexibility index (Phi) is 5.85. The first-order valence-electron chi connectivity index (χ1n) is 9.88. The van der Waals surface area contributed by atoms with Crippen molar-refractivity contribution >= 4 is 22.7 Å². The number of nitro benzene ring substituents is 1. The van der Waals surface area contributed by atoms with E-state index >= 15 is 0 Å². The zero-order valence-corrected chi connectivity index (χ0v) is 16.8. The molecule has 2 aromatic carbocycles. The molecule has 0 atom stereocenters. The van der Waals surface area contributed by atoms with Crippen LogP contribution in [0.5, 0.6) is 0 Å². The topological polar surface area (TPSA) is 60.4 Å². The number of nitro groups is 1. The summed E-state index contributed by atoms with van der Waals surface area (Å²) in [5.41, 5.74) is 1.62. The Bertz CT molecular complexity index is 1080. The molecular formula is C22H22FN3O2S. The predicted molar refractivity (Wildman–Crippen MR) is 113 cm³/mol. The summed E-state index contributed by atoms with van der Waals surface area (Å²) in [6.45, 7) is 0. The van der Waals surface area contributed by atoms with Crippen LogP contribution in [0.25, 0.3) is 11.3 Å². The van der Waals surface area contributed by atoms with Crippen LogP contribution in [0.4, 0.5) is 15.8 Å². The van der Waals surface area contributed by atoms with Crippen molar-refractivity contribution in [3.63, 3.8) is 0 Å². The van der Waals surface area contributed by atoms with E-state index in [4.69, 9.17) is 0 Å². The third kappa shape index (κ3) is 4.15. The maximum Gasteiger partial charge on any atom is 0.294 e. The van der Waals surface area contributed by atoms with Crippen LogP contribution >= 0.6 is 11.3 Å². The summed E-state index contributed by atoms with van der Waals surface area (Å²) in [5.74, 6) is -0.273. The third-order valence-electron chi connectivity index (χ3n) is 5.38. The number of thiazole rings is 1. The van der Waals surface area contributed by atoms with Crippen LogP contribution in [0.1, 0.15) is 44.6 Å². The van der Waals surface area contributed by atoms with Crippen molar-refractivity contribution in [2.75, 3.05) is 0 Å². The van der Waals surface area contributed by atoms with Crippen LogP contribution in [-0.4, -0.2) is 9.49 Å². The molecule has 7 heteroatoms. The molecule has 0 aliphatic heterocycles. The van der Waals surface area contributed by atoms with Gasteiger partial charge < -0.3 is 4.57 Å². The van der Waals surface area contributed by atoms with Crippen molar-refractivity contribution in [3.05, 3.63) is 74.6 Å². The van der Waals surface area contributed by atoms with Crippen molar-refractivity contribution in [1.82, 2.24) is 4.57 Å². The van der Waals surface area contributed by atoms with Crippen molar-refractivity contribution in [2.45, 2.75) is 44.6 Å².